The standard InChI is InChI=1S/C31H40N6O3/c1-40-25-16-14-24(15-17-25)34-18-20-35(21-19-34)29(38)13-7-12-28-32-33-31-36(22-23-8-3-2-4-9-23)30(39)26-10-5-6-11-27(26)37(28)31/h2-4,8-9,14-17,26-27,31,33H,5-7,10-13,18-22H2,1H3. The number of amidine groups is 1. The lowest BCUT2D eigenvalue weighted by atomic mass is 9.80. The second kappa shape index (κ2) is 11.8. The normalized spacial score (nSPS) is 24.3. The van der Waals surface area contributed by atoms with Crippen molar-refractivity contribution >= 4 is 23.3 Å². The molecule has 3 heterocycles. The van der Waals surface area contributed by atoms with Crippen molar-refractivity contribution in [3.63, 3.8) is 0 Å². The third kappa shape index (κ3) is 5.33. The summed E-state index contributed by atoms with van der Waals surface area (Å²) >= 11 is 0. The Hall–Kier alpha value is -3.75. The average molecular weight is 545 g/mol. The Labute approximate surface area is 236 Å². The van der Waals surface area contributed by atoms with Crippen LogP contribution < -0.4 is 15.1 Å². The summed E-state index contributed by atoms with van der Waals surface area (Å²) in [6.07, 6.45) is 5.96. The molecular formula is C31H40N6O3. The van der Waals surface area contributed by atoms with E-state index in [1.165, 1.54) is 0 Å². The van der Waals surface area contributed by atoms with E-state index in [1.807, 2.05) is 40.1 Å². The minimum absolute atomic E-state index is 0.0161. The first kappa shape index (κ1) is 26.5. The molecule has 1 N–H and O–H groups in total. The van der Waals surface area contributed by atoms with Crippen LogP contribution in [0.2, 0.25) is 0 Å². The number of anilines is 1. The van der Waals surface area contributed by atoms with Gasteiger partial charge >= 0.3 is 0 Å². The Morgan fingerprint density at radius 1 is 1.00 bits per heavy atom. The number of nitrogens with one attached hydrogen (secondary N) is 1. The van der Waals surface area contributed by atoms with Gasteiger partial charge in [-0.1, -0.05) is 43.2 Å². The SMILES string of the molecule is COc1ccc(N2CCN(C(=O)CCCC3=NNC4N(Cc5ccccc5)C(=O)C5CCCCC5N34)CC2)cc1. The number of hydrazone groups is 1. The Morgan fingerprint density at radius 2 is 1.75 bits per heavy atom. The third-order valence-electron chi connectivity index (χ3n) is 8.91. The van der Waals surface area contributed by atoms with E-state index in [0.29, 0.717) is 13.0 Å². The number of amides is 2. The highest BCUT2D eigenvalue weighted by atomic mass is 16.5. The highest BCUT2D eigenvalue weighted by Crippen LogP contribution is 2.38. The fraction of sp³-hybridized carbons (Fsp3) is 0.516. The number of ether oxygens (including phenoxy) is 1. The number of nitrogens with zero attached hydrogens (tertiary/aromatic N) is 5. The molecule has 0 spiro atoms. The van der Waals surface area contributed by atoms with Crippen LogP contribution in [0.15, 0.2) is 59.7 Å². The van der Waals surface area contributed by atoms with Crippen molar-refractivity contribution in [2.45, 2.75) is 63.8 Å². The molecule has 4 aliphatic rings. The van der Waals surface area contributed by atoms with Crippen molar-refractivity contribution in [3.05, 3.63) is 60.2 Å². The van der Waals surface area contributed by atoms with Gasteiger partial charge in [-0.2, -0.15) is 5.10 Å². The highest BCUT2D eigenvalue weighted by molar-refractivity contribution is 5.89. The minimum Gasteiger partial charge on any atom is -0.497 e. The molecule has 2 amide bonds. The zero-order chi connectivity index (χ0) is 27.5. The Morgan fingerprint density at radius 3 is 2.50 bits per heavy atom. The van der Waals surface area contributed by atoms with Gasteiger partial charge in [0.1, 0.15) is 11.6 Å². The second-order valence-electron chi connectivity index (χ2n) is 11.3. The molecule has 9 heteroatoms. The summed E-state index contributed by atoms with van der Waals surface area (Å²) in [5, 5.41) is 4.72. The van der Waals surface area contributed by atoms with Crippen molar-refractivity contribution in [3.8, 4) is 5.75 Å². The van der Waals surface area contributed by atoms with Crippen molar-refractivity contribution in [2.75, 3.05) is 38.2 Å². The Bertz CT molecular complexity index is 1210. The van der Waals surface area contributed by atoms with E-state index < -0.39 is 0 Å². The van der Waals surface area contributed by atoms with Crippen molar-refractivity contribution in [2.24, 2.45) is 11.0 Å². The number of piperazine rings is 1. The largest absolute Gasteiger partial charge is 0.497 e. The highest BCUT2D eigenvalue weighted by Gasteiger charge is 2.50. The lowest BCUT2D eigenvalue weighted by Gasteiger charge is -2.50. The van der Waals surface area contributed by atoms with Crippen molar-refractivity contribution in [1.82, 2.24) is 20.1 Å². The smallest absolute Gasteiger partial charge is 0.231 e. The third-order valence-corrected chi connectivity index (χ3v) is 8.91. The van der Waals surface area contributed by atoms with E-state index in [9.17, 15) is 9.59 Å². The summed E-state index contributed by atoms with van der Waals surface area (Å²) in [6.45, 7) is 3.71. The van der Waals surface area contributed by atoms with Gasteiger partial charge in [0.25, 0.3) is 0 Å². The zero-order valence-corrected chi connectivity index (χ0v) is 23.4. The van der Waals surface area contributed by atoms with Gasteiger partial charge in [-0.05, 0) is 49.1 Å². The van der Waals surface area contributed by atoms with Crippen LogP contribution in [0.3, 0.4) is 0 Å². The molecule has 9 nitrogen and oxygen atoms in total. The van der Waals surface area contributed by atoms with Crippen LogP contribution in [0.25, 0.3) is 0 Å². The number of benzene rings is 2. The fourth-order valence-corrected chi connectivity index (χ4v) is 6.74. The lowest BCUT2D eigenvalue weighted by Crippen LogP contribution is -2.67. The number of methoxy groups -OCH3 is 1. The van der Waals surface area contributed by atoms with Crippen molar-refractivity contribution in [1.29, 1.82) is 0 Å². The summed E-state index contributed by atoms with van der Waals surface area (Å²) in [6, 6.07) is 18.5. The monoisotopic (exact) mass is 544 g/mol. The Kier molecular flexibility index (Phi) is 7.80. The Balaban J connectivity index is 1.03. The summed E-state index contributed by atoms with van der Waals surface area (Å²) in [7, 11) is 1.68. The van der Waals surface area contributed by atoms with Crippen LogP contribution in [0.4, 0.5) is 5.69 Å². The van der Waals surface area contributed by atoms with Crippen LogP contribution in [0.1, 0.15) is 50.5 Å². The molecule has 6 rings (SSSR count). The van der Waals surface area contributed by atoms with Crippen LogP contribution in [-0.2, 0) is 16.1 Å². The summed E-state index contributed by atoms with van der Waals surface area (Å²) in [4.78, 5) is 35.3. The lowest BCUT2D eigenvalue weighted by molar-refractivity contribution is -0.156. The number of fused-ring (bicyclic) bond motifs is 3. The quantitative estimate of drug-likeness (QED) is 0.547. The van der Waals surface area contributed by atoms with Crippen LogP contribution in [0.5, 0.6) is 5.75 Å². The van der Waals surface area contributed by atoms with Gasteiger partial charge < -0.3 is 19.4 Å². The van der Waals surface area contributed by atoms with E-state index in [4.69, 9.17) is 9.84 Å². The molecule has 2 aromatic rings. The molecule has 3 unspecified atom stereocenters. The molecule has 0 bridgehead atoms. The molecule has 1 saturated carbocycles. The predicted molar refractivity (Wildman–Crippen MR) is 155 cm³/mol. The van der Waals surface area contributed by atoms with Gasteiger partial charge in [-0.25, -0.2) is 0 Å². The summed E-state index contributed by atoms with van der Waals surface area (Å²) in [5.41, 5.74) is 5.57. The summed E-state index contributed by atoms with van der Waals surface area (Å²) in [5.74, 6) is 2.31. The predicted octanol–water partition coefficient (Wildman–Crippen LogP) is 3.62. The van der Waals surface area contributed by atoms with Gasteiger partial charge in [0, 0.05) is 57.3 Å². The van der Waals surface area contributed by atoms with Gasteiger partial charge in [-0.3, -0.25) is 19.9 Å². The first-order valence-corrected chi connectivity index (χ1v) is 14.7. The molecular weight excluding hydrogens is 504 g/mol. The van der Waals surface area contributed by atoms with E-state index >= 15 is 0 Å². The molecule has 2 saturated heterocycles. The number of carbonyl (C=O) groups excluding carboxylic acids is 2. The molecule has 1 aliphatic carbocycles. The van der Waals surface area contributed by atoms with Crippen LogP contribution >= 0.6 is 0 Å². The average Bonchev–Trinajstić information content (AvgIpc) is 3.44. The first-order valence-electron chi connectivity index (χ1n) is 14.7. The second-order valence-corrected chi connectivity index (χ2v) is 11.3. The molecule has 212 valence electrons. The van der Waals surface area contributed by atoms with Gasteiger partial charge in [0.15, 0.2) is 6.29 Å². The molecule has 40 heavy (non-hydrogen) atoms. The van der Waals surface area contributed by atoms with Crippen LogP contribution in [-0.4, -0.2) is 78.0 Å². The zero-order valence-electron chi connectivity index (χ0n) is 23.4. The molecule has 0 radical (unpaired) electrons. The maximum atomic E-state index is 13.6. The van der Waals surface area contributed by atoms with E-state index in [2.05, 4.69) is 39.5 Å². The van der Waals surface area contributed by atoms with Gasteiger partial charge in [-0.15, -0.1) is 0 Å². The first-order chi connectivity index (χ1) is 19.6. The van der Waals surface area contributed by atoms with Gasteiger partial charge in [0.05, 0.1) is 13.0 Å². The molecule has 3 aliphatic heterocycles. The summed E-state index contributed by atoms with van der Waals surface area (Å²) < 4.78 is 5.26. The molecule has 0 aromatic heterocycles. The number of hydrogen-bond acceptors (Lipinski definition) is 7. The van der Waals surface area contributed by atoms with E-state index in [0.717, 1.165) is 87.5 Å². The van der Waals surface area contributed by atoms with E-state index in [1.54, 1.807) is 7.11 Å². The number of carbonyl (C=O) groups is 2. The number of rotatable bonds is 8. The van der Waals surface area contributed by atoms with Crippen LogP contribution in [0, 0.1) is 5.92 Å². The topological polar surface area (TPSA) is 80.7 Å². The maximum absolute atomic E-state index is 13.6. The number of hydrogen-bond donors (Lipinski definition) is 1. The molecule has 3 atom stereocenters. The minimum atomic E-state index is -0.246. The van der Waals surface area contributed by atoms with E-state index in [-0.39, 0.29) is 30.1 Å². The fourth-order valence-electron chi connectivity index (χ4n) is 6.74. The van der Waals surface area contributed by atoms with Gasteiger partial charge in [0.2, 0.25) is 11.8 Å². The molecule has 3 fully saturated rings. The van der Waals surface area contributed by atoms with Crippen molar-refractivity contribution < 1.29 is 14.3 Å². The maximum Gasteiger partial charge on any atom is 0.231 e. The molecule has 2 aromatic carbocycles.